The number of nitrogens with zero attached hydrogens (tertiary/aromatic N) is 2. The number of nitrogens with one attached hydrogen (secondary N) is 2. The van der Waals surface area contributed by atoms with Crippen molar-refractivity contribution in [1.82, 2.24) is 15.4 Å². The number of hydrogen-bond acceptors (Lipinski definition) is 4. The Morgan fingerprint density at radius 2 is 1.76 bits per heavy atom. The number of sulfonamides is 1. The third-order valence-electron chi connectivity index (χ3n) is 3.21. The summed E-state index contributed by atoms with van der Waals surface area (Å²) in [4.78, 5) is 0.236. The second-order valence-corrected chi connectivity index (χ2v) is 6.31. The number of aromatic amines is 1. The van der Waals surface area contributed by atoms with Crippen molar-refractivity contribution in [2.45, 2.75) is 18.2 Å². The number of anilines is 1. The standard InChI is InChI=1S/C14H14N4O2S/c1-2-10-3-6-12(7-4-10)21(19,20)17-11-5-8-13-14(9-11)16-18-15-13/h3-9,17H,2H2,1H3,(H,15,16,18). The van der Waals surface area contributed by atoms with E-state index in [-0.39, 0.29) is 4.90 Å². The number of hydrogen-bond donors (Lipinski definition) is 2. The van der Waals surface area contributed by atoms with Crippen LogP contribution in [-0.2, 0) is 16.4 Å². The predicted octanol–water partition coefficient (Wildman–Crippen LogP) is 2.32. The molecule has 0 aliphatic carbocycles. The van der Waals surface area contributed by atoms with Crippen LogP contribution in [0.1, 0.15) is 12.5 Å². The van der Waals surface area contributed by atoms with E-state index in [4.69, 9.17) is 0 Å². The van der Waals surface area contributed by atoms with Gasteiger partial charge >= 0.3 is 0 Å². The number of benzene rings is 2. The van der Waals surface area contributed by atoms with Crippen LogP contribution in [0.4, 0.5) is 5.69 Å². The summed E-state index contributed by atoms with van der Waals surface area (Å²) in [5.41, 5.74) is 2.84. The zero-order valence-corrected chi connectivity index (χ0v) is 12.2. The van der Waals surface area contributed by atoms with Crippen molar-refractivity contribution < 1.29 is 8.42 Å². The number of aryl methyl sites for hydroxylation is 1. The average molecular weight is 302 g/mol. The maximum absolute atomic E-state index is 12.3. The smallest absolute Gasteiger partial charge is 0.261 e. The van der Waals surface area contributed by atoms with Crippen molar-refractivity contribution >= 4 is 26.7 Å². The Hall–Kier alpha value is -2.41. The molecule has 0 aliphatic heterocycles. The van der Waals surface area contributed by atoms with Gasteiger partial charge in [-0.15, -0.1) is 0 Å². The predicted molar refractivity (Wildman–Crippen MR) is 80.5 cm³/mol. The van der Waals surface area contributed by atoms with Gasteiger partial charge in [-0.3, -0.25) is 4.72 Å². The first-order valence-electron chi connectivity index (χ1n) is 6.51. The summed E-state index contributed by atoms with van der Waals surface area (Å²) < 4.78 is 27.2. The molecule has 0 saturated carbocycles. The molecule has 0 spiro atoms. The number of H-pyrrole nitrogens is 1. The van der Waals surface area contributed by atoms with E-state index < -0.39 is 10.0 Å². The van der Waals surface area contributed by atoms with Gasteiger partial charge in [-0.1, -0.05) is 19.1 Å². The normalized spacial score (nSPS) is 11.7. The Morgan fingerprint density at radius 3 is 2.48 bits per heavy atom. The molecule has 3 aromatic rings. The van der Waals surface area contributed by atoms with Crippen LogP contribution >= 0.6 is 0 Å². The average Bonchev–Trinajstić information content (AvgIpc) is 2.94. The van der Waals surface area contributed by atoms with E-state index in [0.717, 1.165) is 12.0 Å². The summed E-state index contributed by atoms with van der Waals surface area (Å²) in [6.07, 6.45) is 0.872. The van der Waals surface area contributed by atoms with Gasteiger partial charge in [-0.25, -0.2) is 8.42 Å². The molecule has 108 valence electrons. The second kappa shape index (κ2) is 5.17. The Bertz CT molecular complexity index is 869. The lowest BCUT2D eigenvalue weighted by Crippen LogP contribution is -2.12. The van der Waals surface area contributed by atoms with Gasteiger partial charge in [0.2, 0.25) is 0 Å². The lowest BCUT2D eigenvalue weighted by molar-refractivity contribution is 0.601. The molecule has 0 aliphatic rings. The van der Waals surface area contributed by atoms with Crippen molar-refractivity contribution in [3.8, 4) is 0 Å². The van der Waals surface area contributed by atoms with Crippen molar-refractivity contribution in [2.24, 2.45) is 0 Å². The Labute approximate surface area is 122 Å². The number of aromatic nitrogens is 3. The molecule has 3 rings (SSSR count). The fourth-order valence-corrected chi connectivity index (χ4v) is 3.07. The zero-order valence-electron chi connectivity index (χ0n) is 11.4. The topological polar surface area (TPSA) is 87.7 Å². The van der Waals surface area contributed by atoms with Gasteiger partial charge in [0, 0.05) is 0 Å². The highest BCUT2D eigenvalue weighted by Crippen LogP contribution is 2.19. The maximum atomic E-state index is 12.3. The van der Waals surface area contributed by atoms with Crippen molar-refractivity contribution in [1.29, 1.82) is 0 Å². The monoisotopic (exact) mass is 302 g/mol. The highest BCUT2D eigenvalue weighted by atomic mass is 32.2. The molecule has 2 aromatic carbocycles. The molecule has 0 saturated heterocycles. The summed E-state index contributed by atoms with van der Waals surface area (Å²) >= 11 is 0. The molecule has 6 nitrogen and oxygen atoms in total. The first-order valence-corrected chi connectivity index (χ1v) is 7.99. The Morgan fingerprint density at radius 1 is 1.05 bits per heavy atom. The molecule has 1 heterocycles. The van der Waals surface area contributed by atoms with Crippen molar-refractivity contribution in [3.05, 3.63) is 48.0 Å². The summed E-state index contributed by atoms with van der Waals surface area (Å²) in [6.45, 7) is 2.02. The summed E-state index contributed by atoms with van der Waals surface area (Å²) in [6, 6.07) is 11.8. The van der Waals surface area contributed by atoms with Gasteiger partial charge < -0.3 is 0 Å². The molecule has 1 aromatic heterocycles. The molecule has 0 atom stereocenters. The SMILES string of the molecule is CCc1ccc(S(=O)(=O)Nc2ccc3n[nH]nc3c2)cc1. The van der Waals surface area contributed by atoms with Crippen LogP contribution < -0.4 is 4.72 Å². The van der Waals surface area contributed by atoms with Gasteiger partial charge in [0.1, 0.15) is 11.0 Å². The molecule has 0 unspecified atom stereocenters. The summed E-state index contributed by atoms with van der Waals surface area (Å²) in [7, 11) is -3.60. The second-order valence-electron chi connectivity index (χ2n) is 4.63. The minimum absolute atomic E-state index is 0.236. The van der Waals surface area contributed by atoms with Gasteiger partial charge in [0.25, 0.3) is 10.0 Å². The van der Waals surface area contributed by atoms with Gasteiger partial charge in [-0.2, -0.15) is 15.4 Å². The molecular weight excluding hydrogens is 288 g/mol. The molecule has 0 radical (unpaired) electrons. The van der Waals surface area contributed by atoms with Gasteiger partial charge in [-0.05, 0) is 42.3 Å². The highest BCUT2D eigenvalue weighted by molar-refractivity contribution is 7.92. The fourth-order valence-electron chi connectivity index (χ4n) is 2.02. The van der Waals surface area contributed by atoms with Gasteiger partial charge in [0.15, 0.2) is 0 Å². The van der Waals surface area contributed by atoms with Crippen molar-refractivity contribution in [2.75, 3.05) is 4.72 Å². The van der Waals surface area contributed by atoms with E-state index >= 15 is 0 Å². The van der Waals surface area contributed by atoms with E-state index in [1.54, 1.807) is 30.3 Å². The minimum Gasteiger partial charge on any atom is -0.280 e. The van der Waals surface area contributed by atoms with E-state index in [0.29, 0.717) is 16.7 Å². The van der Waals surface area contributed by atoms with Crippen LogP contribution in [-0.4, -0.2) is 23.8 Å². The lowest BCUT2D eigenvalue weighted by atomic mass is 10.2. The Balaban J connectivity index is 1.90. The third-order valence-corrected chi connectivity index (χ3v) is 4.61. The number of rotatable bonds is 4. The Kier molecular flexibility index (Phi) is 3.34. The molecule has 0 bridgehead atoms. The highest BCUT2D eigenvalue weighted by Gasteiger charge is 2.14. The quantitative estimate of drug-likeness (QED) is 0.774. The van der Waals surface area contributed by atoms with Gasteiger partial charge in [0.05, 0.1) is 10.6 Å². The summed E-state index contributed by atoms with van der Waals surface area (Å²) in [5.74, 6) is 0. The molecule has 21 heavy (non-hydrogen) atoms. The van der Waals surface area contributed by atoms with Crippen LogP contribution in [0, 0.1) is 0 Å². The molecule has 7 heteroatoms. The third kappa shape index (κ3) is 2.73. The molecule has 2 N–H and O–H groups in total. The lowest BCUT2D eigenvalue weighted by Gasteiger charge is -2.08. The number of fused-ring (bicyclic) bond motifs is 1. The minimum atomic E-state index is -3.60. The first-order chi connectivity index (χ1) is 10.1. The first kappa shape index (κ1) is 13.6. The van der Waals surface area contributed by atoms with E-state index in [9.17, 15) is 8.42 Å². The van der Waals surface area contributed by atoms with E-state index in [1.165, 1.54) is 0 Å². The maximum Gasteiger partial charge on any atom is 0.261 e. The zero-order chi connectivity index (χ0) is 14.9. The largest absolute Gasteiger partial charge is 0.280 e. The van der Waals surface area contributed by atoms with Crippen molar-refractivity contribution in [3.63, 3.8) is 0 Å². The van der Waals surface area contributed by atoms with E-state index in [1.807, 2.05) is 19.1 Å². The molecule has 0 amide bonds. The van der Waals surface area contributed by atoms with Crippen LogP contribution in [0.5, 0.6) is 0 Å². The van der Waals surface area contributed by atoms with Crippen LogP contribution in [0.25, 0.3) is 11.0 Å². The summed E-state index contributed by atoms with van der Waals surface area (Å²) in [5, 5.41) is 10.3. The van der Waals surface area contributed by atoms with Crippen LogP contribution in [0.2, 0.25) is 0 Å². The van der Waals surface area contributed by atoms with Crippen LogP contribution in [0.15, 0.2) is 47.4 Å². The van der Waals surface area contributed by atoms with Crippen LogP contribution in [0.3, 0.4) is 0 Å². The molecular formula is C14H14N4O2S. The van der Waals surface area contributed by atoms with E-state index in [2.05, 4.69) is 20.1 Å². The molecule has 0 fully saturated rings. The fraction of sp³-hybridized carbons (Fsp3) is 0.143.